The van der Waals surface area contributed by atoms with Crippen LogP contribution in [0.2, 0.25) is 0 Å². The summed E-state index contributed by atoms with van der Waals surface area (Å²) in [6, 6.07) is 6.26. The van der Waals surface area contributed by atoms with Crippen molar-refractivity contribution in [3.05, 3.63) is 52.4 Å². The van der Waals surface area contributed by atoms with Gasteiger partial charge in [0.05, 0.1) is 0 Å². The average Bonchev–Trinajstić information content (AvgIpc) is 2.86. The standard InChI is InChI=1S/C13H14F2N2O2S2/c14-10-5-9(6-11(15)7-10)3-4-17-21(18,19)13-2-1-12(8-16)20-13/h1-2,5-7,17H,3-4,8,16H2. The fourth-order valence-corrected chi connectivity index (χ4v) is 4.08. The lowest BCUT2D eigenvalue weighted by molar-refractivity contribution is 0.577. The maximum Gasteiger partial charge on any atom is 0.250 e. The fourth-order valence-electron chi connectivity index (χ4n) is 1.77. The Morgan fingerprint density at radius 3 is 2.38 bits per heavy atom. The van der Waals surface area contributed by atoms with Gasteiger partial charge in [-0.05, 0) is 36.2 Å². The molecular weight excluding hydrogens is 318 g/mol. The minimum atomic E-state index is -3.61. The molecule has 0 bridgehead atoms. The largest absolute Gasteiger partial charge is 0.326 e. The SMILES string of the molecule is NCc1ccc(S(=O)(=O)NCCc2cc(F)cc(F)c2)s1. The van der Waals surface area contributed by atoms with E-state index in [4.69, 9.17) is 5.73 Å². The molecule has 4 nitrogen and oxygen atoms in total. The molecule has 0 fully saturated rings. The Labute approximate surface area is 125 Å². The van der Waals surface area contributed by atoms with E-state index < -0.39 is 21.7 Å². The number of hydrogen-bond donors (Lipinski definition) is 2. The summed E-state index contributed by atoms with van der Waals surface area (Å²) in [5.74, 6) is -1.36. The molecule has 0 spiro atoms. The van der Waals surface area contributed by atoms with Crippen LogP contribution in [0.15, 0.2) is 34.5 Å². The van der Waals surface area contributed by atoms with Gasteiger partial charge in [-0.15, -0.1) is 11.3 Å². The van der Waals surface area contributed by atoms with Crippen molar-refractivity contribution in [1.29, 1.82) is 0 Å². The lowest BCUT2D eigenvalue weighted by Gasteiger charge is -2.05. The molecule has 0 radical (unpaired) electrons. The highest BCUT2D eigenvalue weighted by Crippen LogP contribution is 2.20. The fraction of sp³-hybridized carbons (Fsp3) is 0.231. The highest BCUT2D eigenvalue weighted by atomic mass is 32.2. The van der Waals surface area contributed by atoms with Crippen molar-refractivity contribution in [2.24, 2.45) is 5.73 Å². The van der Waals surface area contributed by atoms with E-state index in [-0.39, 0.29) is 23.7 Å². The molecule has 1 heterocycles. The summed E-state index contributed by atoms with van der Waals surface area (Å²) in [6.07, 6.45) is 0.197. The monoisotopic (exact) mass is 332 g/mol. The van der Waals surface area contributed by atoms with Crippen LogP contribution in [0.1, 0.15) is 10.4 Å². The maximum absolute atomic E-state index is 13.0. The van der Waals surface area contributed by atoms with E-state index >= 15 is 0 Å². The third-order valence-corrected chi connectivity index (χ3v) is 5.79. The number of nitrogens with one attached hydrogen (secondary N) is 1. The first-order valence-corrected chi connectivity index (χ1v) is 8.44. The molecule has 0 saturated heterocycles. The van der Waals surface area contributed by atoms with Gasteiger partial charge in [0.1, 0.15) is 15.8 Å². The van der Waals surface area contributed by atoms with E-state index in [1.54, 1.807) is 6.07 Å². The highest BCUT2D eigenvalue weighted by Gasteiger charge is 2.16. The quantitative estimate of drug-likeness (QED) is 0.850. The van der Waals surface area contributed by atoms with Gasteiger partial charge in [-0.2, -0.15) is 0 Å². The molecule has 0 aliphatic rings. The van der Waals surface area contributed by atoms with E-state index in [1.807, 2.05) is 0 Å². The van der Waals surface area contributed by atoms with Crippen LogP contribution >= 0.6 is 11.3 Å². The molecule has 0 aliphatic heterocycles. The molecule has 2 aromatic rings. The minimum Gasteiger partial charge on any atom is -0.326 e. The van der Waals surface area contributed by atoms with E-state index in [0.717, 1.165) is 22.3 Å². The number of hydrogen-bond acceptors (Lipinski definition) is 4. The molecule has 114 valence electrons. The zero-order chi connectivity index (χ0) is 15.5. The Hall–Kier alpha value is -1.35. The number of sulfonamides is 1. The Balaban J connectivity index is 1.98. The second-order valence-corrected chi connectivity index (χ2v) is 7.51. The highest BCUT2D eigenvalue weighted by molar-refractivity contribution is 7.91. The van der Waals surface area contributed by atoms with Gasteiger partial charge in [-0.1, -0.05) is 0 Å². The topological polar surface area (TPSA) is 72.2 Å². The minimum absolute atomic E-state index is 0.0566. The molecule has 0 atom stereocenters. The number of benzene rings is 1. The lowest BCUT2D eigenvalue weighted by atomic mass is 10.1. The van der Waals surface area contributed by atoms with Gasteiger partial charge < -0.3 is 5.73 Å². The van der Waals surface area contributed by atoms with E-state index in [1.165, 1.54) is 18.2 Å². The molecule has 1 aromatic heterocycles. The predicted molar refractivity (Wildman–Crippen MR) is 77.5 cm³/mol. The first-order valence-electron chi connectivity index (χ1n) is 6.14. The van der Waals surface area contributed by atoms with Gasteiger partial charge in [-0.25, -0.2) is 21.9 Å². The lowest BCUT2D eigenvalue weighted by Crippen LogP contribution is -2.25. The molecule has 1 aromatic carbocycles. The van der Waals surface area contributed by atoms with Crippen molar-refractivity contribution in [3.63, 3.8) is 0 Å². The first kappa shape index (κ1) is 16.0. The third-order valence-electron chi connectivity index (χ3n) is 2.73. The first-order chi connectivity index (χ1) is 9.90. The second kappa shape index (κ2) is 6.61. The molecule has 0 saturated carbocycles. The molecule has 2 rings (SSSR count). The number of halogens is 2. The third kappa shape index (κ3) is 4.31. The summed E-state index contributed by atoms with van der Waals surface area (Å²) in [5, 5.41) is 0. The van der Waals surface area contributed by atoms with Gasteiger partial charge >= 0.3 is 0 Å². The van der Waals surface area contributed by atoms with E-state index in [2.05, 4.69) is 4.72 Å². The van der Waals surface area contributed by atoms with E-state index in [9.17, 15) is 17.2 Å². The summed E-state index contributed by atoms with van der Waals surface area (Å²) in [7, 11) is -3.61. The van der Waals surface area contributed by atoms with Crippen LogP contribution < -0.4 is 10.5 Å². The van der Waals surface area contributed by atoms with E-state index in [0.29, 0.717) is 5.56 Å². The second-order valence-electron chi connectivity index (χ2n) is 4.35. The Kier molecular flexibility index (Phi) is 5.04. The summed E-state index contributed by atoms with van der Waals surface area (Å²) >= 11 is 1.10. The van der Waals surface area contributed by atoms with Gasteiger partial charge in [0.15, 0.2) is 0 Å². The molecule has 0 unspecified atom stereocenters. The Bertz CT molecular complexity index is 709. The van der Waals surface area contributed by atoms with Gasteiger partial charge in [0.25, 0.3) is 0 Å². The Morgan fingerprint density at radius 2 is 1.81 bits per heavy atom. The van der Waals surface area contributed by atoms with Crippen molar-refractivity contribution in [2.75, 3.05) is 6.54 Å². The summed E-state index contributed by atoms with van der Waals surface area (Å²) in [6.45, 7) is 0.337. The van der Waals surface area contributed by atoms with Crippen molar-refractivity contribution < 1.29 is 17.2 Å². The van der Waals surface area contributed by atoms with Crippen LogP contribution in [-0.4, -0.2) is 15.0 Å². The number of rotatable bonds is 6. The normalized spacial score (nSPS) is 11.8. The molecule has 3 N–H and O–H groups in total. The summed E-state index contributed by atoms with van der Waals surface area (Å²) in [4.78, 5) is 0.766. The number of nitrogens with two attached hydrogens (primary N) is 1. The molecule has 21 heavy (non-hydrogen) atoms. The van der Waals surface area contributed by atoms with Gasteiger partial charge in [0, 0.05) is 24.0 Å². The molecule has 0 aliphatic carbocycles. The Morgan fingerprint density at radius 1 is 1.14 bits per heavy atom. The van der Waals surface area contributed by atoms with Gasteiger partial charge in [-0.3, -0.25) is 0 Å². The number of thiophene rings is 1. The zero-order valence-electron chi connectivity index (χ0n) is 11.0. The van der Waals surface area contributed by atoms with Crippen molar-refractivity contribution in [3.8, 4) is 0 Å². The van der Waals surface area contributed by atoms with Crippen molar-refractivity contribution in [2.45, 2.75) is 17.2 Å². The summed E-state index contributed by atoms with van der Waals surface area (Å²) in [5.41, 5.74) is 5.83. The molecule has 0 amide bonds. The van der Waals surface area contributed by atoms with Crippen LogP contribution in [0, 0.1) is 11.6 Å². The predicted octanol–water partition coefficient (Wildman–Crippen LogP) is 2.01. The molecular formula is C13H14F2N2O2S2. The smallest absolute Gasteiger partial charge is 0.250 e. The van der Waals surface area contributed by atoms with Crippen LogP contribution in [-0.2, 0) is 23.0 Å². The van der Waals surface area contributed by atoms with Crippen LogP contribution in [0.5, 0.6) is 0 Å². The molecule has 8 heteroatoms. The van der Waals surface area contributed by atoms with Crippen LogP contribution in [0.25, 0.3) is 0 Å². The van der Waals surface area contributed by atoms with Crippen LogP contribution in [0.3, 0.4) is 0 Å². The van der Waals surface area contributed by atoms with Crippen molar-refractivity contribution in [1.82, 2.24) is 4.72 Å². The zero-order valence-corrected chi connectivity index (χ0v) is 12.6. The maximum atomic E-state index is 13.0. The van der Waals surface area contributed by atoms with Crippen LogP contribution in [0.4, 0.5) is 8.78 Å². The average molecular weight is 332 g/mol. The van der Waals surface area contributed by atoms with Crippen molar-refractivity contribution >= 4 is 21.4 Å². The van der Waals surface area contributed by atoms with Gasteiger partial charge in [0.2, 0.25) is 10.0 Å². The summed E-state index contributed by atoms with van der Waals surface area (Å²) < 4.78 is 52.6.